The number of aromatic nitrogens is 3. The van der Waals surface area contributed by atoms with E-state index in [0.29, 0.717) is 10.4 Å². The van der Waals surface area contributed by atoms with Crippen LogP contribution in [-0.4, -0.2) is 28.4 Å². The number of methoxy groups -OCH3 is 1. The van der Waals surface area contributed by atoms with E-state index in [1.54, 1.807) is 6.07 Å². The fourth-order valence-corrected chi connectivity index (χ4v) is 1.56. The van der Waals surface area contributed by atoms with Crippen LogP contribution >= 0.6 is 0 Å². The molecule has 0 saturated carbocycles. The minimum Gasteiger partial charge on any atom is -0.497 e. The fraction of sp³-hybridized carbons (Fsp3) is 0.182. The lowest BCUT2D eigenvalue weighted by Gasteiger charge is -2.10. The molecule has 1 aromatic heterocycles. The highest BCUT2D eigenvalue weighted by Gasteiger charge is 2.39. The predicted molar refractivity (Wildman–Crippen MR) is 58.3 cm³/mol. The van der Waals surface area contributed by atoms with Gasteiger partial charge in [-0.1, -0.05) is 11.3 Å². The number of benzene rings is 1. The van der Waals surface area contributed by atoms with Crippen LogP contribution in [0.4, 0.5) is 13.2 Å². The van der Waals surface area contributed by atoms with Crippen LogP contribution in [0.1, 0.15) is 16.2 Å². The maximum atomic E-state index is 12.9. The average Bonchev–Trinajstić information content (AvgIpc) is 2.82. The third-order valence-corrected chi connectivity index (χ3v) is 2.37. The smallest absolute Gasteiger partial charge is 0.435 e. The van der Waals surface area contributed by atoms with E-state index in [1.165, 1.54) is 25.3 Å². The zero-order valence-corrected chi connectivity index (χ0v) is 9.68. The lowest BCUT2D eigenvalue weighted by atomic mass is 10.2. The van der Waals surface area contributed by atoms with Crippen LogP contribution in [0.3, 0.4) is 0 Å². The third-order valence-electron chi connectivity index (χ3n) is 2.37. The molecule has 0 aliphatic rings. The molecular weight excluding hydrogens is 263 g/mol. The zero-order chi connectivity index (χ0) is 14.0. The number of carbonyl (C=O) groups is 1. The number of carbonyl (C=O) groups excluding carboxylic acids is 1. The Hall–Kier alpha value is -2.38. The van der Waals surface area contributed by atoms with E-state index >= 15 is 0 Å². The summed E-state index contributed by atoms with van der Waals surface area (Å²) in [4.78, 5) is 10.6. The number of nitrogens with zero attached hydrogens (tertiary/aromatic N) is 3. The van der Waals surface area contributed by atoms with Gasteiger partial charge in [0.15, 0.2) is 17.7 Å². The summed E-state index contributed by atoms with van der Waals surface area (Å²) in [6, 6.07) is 5.85. The van der Waals surface area contributed by atoms with Crippen LogP contribution in [0.5, 0.6) is 5.75 Å². The molecule has 19 heavy (non-hydrogen) atoms. The summed E-state index contributed by atoms with van der Waals surface area (Å²) in [6.07, 6.45) is -4.71. The fourth-order valence-electron chi connectivity index (χ4n) is 1.56. The van der Waals surface area contributed by atoms with Gasteiger partial charge in [0.1, 0.15) is 5.75 Å². The van der Waals surface area contributed by atoms with Crippen molar-refractivity contribution in [3.63, 3.8) is 0 Å². The summed E-state index contributed by atoms with van der Waals surface area (Å²) >= 11 is 0. The second-order valence-electron chi connectivity index (χ2n) is 3.55. The molecule has 0 saturated heterocycles. The van der Waals surface area contributed by atoms with Crippen molar-refractivity contribution >= 4 is 6.29 Å². The van der Waals surface area contributed by atoms with Crippen LogP contribution in [0.2, 0.25) is 0 Å². The van der Waals surface area contributed by atoms with Crippen molar-refractivity contribution in [2.45, 2.75) is 6.18 Å². The minimum absolute atomic E-state index is 0.0203. The number of alkyl halides is 3. The first kappa shape index (κ1) is 13.1. The Bertz CT molecular complexity index is 607. The van der Waals surface area contributed by atoms with Crippen molar-refractivity contribution < 1.29 is 22.7 Å². The molecule has 8 heteroatoms. The van der Waals surface area contributed by atoms with E-state index in [-0.39, 0.29) is 12.0 Å². The van der Waals surface area contributed by atoms with Gasteiger partial charge in [-0.15, -0.1) is 5.10 Å². The molecule has 0 unspecified atom stereocenters. The van der Waals surface area contributed by atoms with E-state index in [1.807, 2.05) is 0 Å². The minimum atomic E-state index is -4.73. The van der Waals surface area contributed by atoms with Crippen LogP contribution in [-0.2, 0) is 6.18 Å². The Morgan fingerprint density at radius 2 is 2.11 bits per heavy atom. The molecule has 1 aromatic carbocycles. The number of rotatable bonds is 3. The molecule has 0 N–H and O–H groups in total. The largest absolute Gasteiger partial charge is 0.497 e. The van der Waals surface area contributed by atoms with Gasteiger partial charge >= 0.3 is 6.18 Å². The number of hydrogen-bond donors (Lipinski definition) is 0. The summed E-state index contributed by atoms with van der Waals surface area (Å²) in [5, 5.41) is 6.58. The van der Waals surface area contributed by atoms with E-state index in [4.69, 9.17) is 4.74 Å². The molecule has 0 bridgehead atoms. The van der Waals surface area contributed by atoms with Crippen molar-refractivity contribution in [3.05, 3.63) is 35.7 Å². The van der Waals surface area contributed by atoms with Gasteiger partial charge in [-0.25, -0.2) is 4.68 Å². The van der Waals surface area contributed by atoms with E-state index in [0.717, 1.165) is 0 Å². The third kappa shape index (κ3) is 2.42. The molecule has 1 heterocycles. The summed E-state index contributed by atoms with van der Waals surface area (Å²) < 4.78 is 44.2. The van der Waals surface area contributed by atoms with Crippen molar-refractivity contribution in [3.8, 4) is 11.4 Å². The lowest BCUT2D eigenvalue weighted by molar-refractivity contribution is -0.143. The van der Waals surface area contributed by atoms with E-state index in [2.05, 4.69) is 10.3 Å². The summed E-state index contributed by atoms with van der Waals surface area (Å²) in [7, 11) is 1.39. The number of ether oxygens (including phenoxy) is 1. The molecule has 0 radical (unpaired) electrons. The van der Waals surface area contributed by atoms with E-state index in [9.17, 15) is 18.0 Å². The van der Waals surface area contributed by atoms with Gasteiger partial charge in [0, 0.05) is 6.07 Å². The van der Waals surface area contributed by atoms with Crippen molar-refractivity contribution in [2.24, 2.45) is 0 Å². The highest BCUT2D eigenvalue weighted by atomic mass is 19.4. The quantitative estimate of drug-likeness (QED) is 0.802. The van der Waals surface area contributed by atoms with Crippen LogP contribution in [0.25, 0.3) is 5.69 Å². The molecule has 100 valence electrons. The normalized spacial score (nSPS) is 11.4. The molecule has 0 atom stereocenters. The summed E-state index contributed by atoms with van der Waals surface area (Å²) in [6.45, 7) is 0. The van der Waals surface area contributed by atoms with Crippen LogP contribution in [0.15, 0.2) is 24.3 Å². The van der Waals surface area contributed by atoms with Gasteiger partial charge in [-0.3, -0.25) is 4.79 Å². The van der Waals surface area contributed by atoms with Crippen LogP contribution < -0.4 is 4.74 Å². The Morgan fingerprint density at radius 3 is 2.68 bits per heavy atom. The highest BCUT2D eigenvalue weighted by Crippen LogP contribution is 2.32. The van der Waals surface area contributed by atoms with Gasteiger partial charge in [-0.05, 0) is 12.1 Å². The standard InChI is InChI=1S/C11H8F3N3O2/c1-19-8-4-2-3-7(5-8)17-10(11(12,13)14)9(6-18)15-16-17/h2-6H,1H3. The Labute approximate surface area is 105 Å². The average molecular weight is 271 g/mol. The molecule has 0 fully saturated rings. The lowest BCUT2D eigenvalue weighted by Crippen LogP contribution is -2.15. The van der Waals surface area contributed by atoms with E-state index < -0.39 is 17.6 Å². The second kappa shape index (κ2) is 4.71. The number of hydrogen-bond acceptors (Lipinski definition) is 4. The van der Waals surface area contributed by atoms with Crippen molar-refractivity contribution in [1.29, 1.82) is 0 Å². The van der Waals surface area contributed by atoms with Gasteiger partial charge in [0.05, 0.1) is 12.8 Å². The summed E-state index contributed by atoms with van der Waals surface area (Å²) in [5.74, 6) is 0.369. The van der Waals surface area contributed by atoms with Crippen molar-refractivity contribution in [1.82, 2.24) is 15.0 Å². The van der Waals surface area contributed by atoms with Gasteiger partial charge in [-0.2, -0.15) is 13.2 Å². The predicted octanol–water partition coefficient (Wildman–Crippen LogP) is 2.11. The number of halogens is 3. The Morgan fingerprint density at radius 1 is 1.37 bits per heavy atom. The topological polar surface area (TPSA) is 57.0 Å². The van der Waals surface area contributed by atoms with Gasteiger partial charge in [0.25, 0.3) is 0 Å². The van der Waals surface area contributed by atoms with Gasteiger partial charge < -0.3 is 4.74 Å². The maximum Gasteiger partial charge on any atom is 0.435 e. The number of aldehydes is 1. The maximum absolute atomic E-state index is 12.9. The highest BCUT2D eigenvalue weighted by molar-refractivity contribution is 5.74. The molecule has 0 aliphatic heterocycles. The zero-order valence-electron chi connectivity index (χ0n) is 9.68. The van der Waals surface area contributed by atoms with Crippen molar-refractivity contribution in [2.75, 3.05) is 7.11 Å². The summed E-state index contributed by atoms with van der Waals surface area (Å²) in [5.41, 5.74) is -1.86. The van der Waals surface area contributed by atoms with Crippen LogP contribution in [0, 0.1) is 0 Å². The molecule has 2 rings (SSSR count). The molecule has 5 nitrogen and oxygen atoms in total. The van der Waals surface area contributed by atoms with Gasteiger partial charge in [0.2, 0.25) is 0 Å². The SMILES string of the molecule is COc1cccc(-n2nnc(C=O)c2C(F)(F)F)c1. The molecule has 0 amide bonds. The Balaban J connectivity index is 2.62. The molecule has 0 aliphatic carbocycles. The first-order valence-electron chi connectivity index (χ1n) is 5.10. The molecule has 2 aromatic rings. The first-order valence-corrected chi connectivity index (χ1v) is 5.10. The molecule has 0 spiro atoms. The first-order chi connectivity index (χ1) is 8.97. The monoisotopic (exact) mass is 271 g/mol. The Kier molecular flexibility index (Phi) is 3.24. The second-order valence-corrected chi connectivity index (χ2v) is 3.55. The molecular formula is C11H8F3N3O2.